The number of carbonyl (C=O) groups excluding carboxylic acids is 1. The van der Waals surface area contributed by atoms with Gasteiger partial charge in [-0.2, -0.15) is 5.10 Å². The summed E-state index contributed by atoms with van der Waals surface area (Å²) in [6, 6.07) is 17.8. The number of carbonyl (C=O) groups is 1. The molecule has 1 N–H and O–H groups in total. The first-order valence-electron chi connectivity index (χ1n) is 10.2. The quantitative estimate of drug-likeness (QED) is 0.463. The zero-order chi connectivity index (χ0) is 22.7. The molecular formula is C24H22F2N4O2. The van der Waals surface area contributed by atoms with E-state index in [9.17, 15) is 18.4 Å². The van der Waals surface area contributed by atoms with E-state index in [0.29, 0.717) is 12.2 Å². The highest BCUT2D eigenvalue weighted by Gasteiger charge is 2.19. The summed E-state index contributed by atoms with van der Waals surface area (Å²) < 4.78 is 30.0. The Kier molecular flexibility index (Phi) is 6.11. The highest BCUT2D eigenvalue weighted by Crippen LogP contribution is 2.26. The van der Waals surface area contributed by atoms with Gasteiger partial charge >= 0.3 is 0 Å². The van der Waals surface area contributed by atoms with E-state index in [1.165, 1.54) is 15.4 Å². The van der Waals surface area contributed by atoms with Crippen LogP contribution in [0.3, 0.4) is 0 Å². The third-order valence-electron chi connectivity index (χ3n) is 5.14. The molecule has 0 aliphatic heterocycles. The van der Waals surface area contributed by atoms with Gasteiger partial charge in [-0.3, -0.25) is 18.8 Å². The zero-order valence-corrected chi connectivity index (χ0v) is 17.5. The number of aryl methyl sites for hydroxylation is 2. The minimum absolute atomic E-state index is 0.00250. The molecule has 0 atom stereocenters. The summed E-state index contributed by atoms with van der Waals surface area (Å²) in [5.74, 6) is -0.280. The summed E-state index contributed by atoms with van der Waals surface area (Å²) in [7, 11) is 0. The van der Waals surface area contributed by atoms with Crippen molar-refractivity contribution in [3.63, 3.8) is 0 Å². The number of anilines is 1. The van der Waals surface area contributed by atoms with Gasteiger partial charge in [-0.15, -0.1) is 0 Å². The van der Waals surface area contributed by atoms with Gasteiger partial charge in [0, 0.05) is 41.9 Å². The summed E-state index contributed by atoms with van der Waals surface area (Å²) in [6.07, 6.45) is -1.28. The number of hydrogen-bond donors (Lipinski definition) is 1. The Balaban J connectivity index is 1.61. The van der Waals surface area contributed by atoms with E-state index in [1.807, 2.05) is 55.5 Å². The smallest absolute Gasteiger partial charge is 0.264 e. The van der Waals surface area contributed by atoms with Gasteiger partial charge < -0.3 is 5.32 Å². The average molecular weight is 436 g/mol. The van der Waals surface area contributed by atoms with Crippen molar-refractivity contribution in [3.05, 3.63) is 93.9 Å². The van der Waals surface area contributed by atoms with Crippen molar-refractivity contribution < 1.29 is 13.6 Å². The number of alkyl halides is 2. The number of benzene rings is 2. The fourth-order valence-corrected chi connectivity index (χ4v) is 3.62. The van der Waals surface area contributed by atoms with Crippen LogP contribution >= 0.6 is 0 Å². The molecular weight excluding hydrogens is 414 g/mol. The molecule has 0 aliphatic carbocycles. The molecule has 0 aliphatic rings. The molecule has 0 spiro atoms. The second-order valence-corrected chi connectivity index (χ2v) is 7.61. The normalized spacial score (nSPS) is 11.2. The Morgan fingerprint density at radius 3 is 2.59 bits per heavy atom. The average Bonchev–Trinajstić information content (AvgIpc) is 3.16. The van der Waals surface area contributed by atoms with E-state index < -0.39 is 12.0 Å². The van der Waals surface area contributed by atoms with Crippen molar-refractivity contribution >= 4 is 22.6 Å². The number of aromatic nitrogens is 3. The first kappa shape index (κ1) is 21.4. The summed E-state index contributed by atoms with van der Waals surface area (Å²) in [5.41, 5.74) is 1.79. The van der Waals surface area contributed by atoms with E-state index in [4.69, 9.17) is 0 Å². The monoisotopic (exact) mass is 436 g/mol. The molecule has 4 rings (SSSR count). The van der Waals surface area contributed by atoms with Gasteiger partial charge in [0.2, 0.25) is 5.91 Å². The maximum atomic E-state index is 13.6. The van der Waals surface area contributed by atoms with Crippen LogP contribution in [0.4, 0.5) is 14.5 Å². The van der Waals surface area contributed by atoms with Crippen LogP contribution in [0.5, 0.6) is 0 Å². The lowest BCUT2D eigenvalue weighted by molar-refractivity contribution is -0.116. The molecule has 0 unspecified atom stereocenters. The van der Waals surface area contributed by atoms with E-state index in [-0.39, 0.29) is 35.5 Å². The third-order valence-corrected chi connectivity index (χ3v) is 5.14. The fourth-order valence-electron chi connectivity index (χ4n) is 3.62. The van der Waals surface area contributed by atoms with Crippen molar-refractivity contribution in [1.29, 1.82) is 0 Å². The Morgan fingerprint density at radius 1 is 1.09 bits per heavy atom. The van der Waals surface area contributed by atoms with Crippen LogP contribution in [0.1, 0.15) is 29.5 Å². The molecule has 32 heavy (non-hydrogen) atoms. The van der Waals surface area contributed by atoms with Crippen molar-refractivity contribution in [2.45, 2.75) is 32.9 Å². The van der Waals surface area contributed by atoms with E-state index in [2.05, 4.69) is 10.4 Å². The molecule has 6 nitrogen and oxygen atoms in total. The molecule has 0 bridgehead atoms. The Morgan fingerprint density at radius 2 is 1.88 bits per heavy atom. The maximum absolute atomic E-state index is 13.6. The van der Waals surface area contributed by atoms with Gasteiger partial charge in [-0.1, -0.05) is 42.5 Å². The number of fused-ring (bicyclic) bond motifs is 1. The molecule has 2 heterocycles. The van der Waals surface area contributed by atoms with Crippen molar-refractivity contribution in [3.8, 4) is 0 Å². The largest absolute Gasteiger partial charge is 0.326 e. The van der Waals surface area contributed by atoms with Gasteiger partial charge in [-0.05, 0) is 30.2 Å². The van der Waals surface area contributed by atoms with E-state index >= 15 is 0 Å². The van der Waals surface area contributed by atoms with Crippen LogP contribution in [0, 0.1) is 6.92 Å². The minimum Gasteiger partial charge on any atom is -0.326 e. The van der Waals surface area contributed by atoms with Crippen LogP contribution in [0.2, 0.25) is 0 Å². The molecule has 2 aromatic heterocycles. The highest BCUT2D eigenvalue weighted by atomic mass is 19.3. The molecule has 0 saturated carbocycles. The lowest BCUT2D eigenvalue weighted by Gasteiger charge is -2.10. The maximum Gasteiger partial charge on any atom is 0.264 e. The number of pyridine rings is 1. The van der Waals surface area contributed by atoms with Gasteiger partial charge in [0.1, 0.15) is 0 Å². The summed E-state index contributed by atoms with van der Waals surface area (Å²) >= 11 is 0. The second kappa shape index (κ2) is 9.13. The number of rotatable bonds is 7. The van der Waals surface area contributed by atoms with E-state index in [0.717, 1.165) is 17.2 Å². The van der Waals surface area contributed by atoms with Crippen molar-refractivity contribution in [1.82, 2.24) is 14.3 Å². The molecule has 0 fully saturated rings. The summed E-state index contributed by atoms with van der Waals surface area (Å²) in [4.78, 5) is 25.0. The number of hydrogen-bond acceptors (Lipinski definition) is 3. The Hall–Kier alpha value is -3.81. The summed E-state index contributed by atoms with van der Waals surface area (Å²) in [6.45, 7) is 2.32. The first-order valence-corrected chi connectivity index (χ1v) is 10.2. The lowest BCUT2D eigenvalue weighted by Crippen LogP contribution is -2.24. The lowest BCUT2D eigenvalue weighted by atomic mass is 10.2. The number of halogens is 2. The van der Waals surface area contributed by atoms with Crippen LogP contribution < -0.4 is 10.9 Å². The molecule has 1 amide bonds. The molecule has 0 saturated heterocycles. The predicted octanol–water partition coefficient (Wildman–Crippen LogP) is 4.52. The van der Waals surface area contributed by atoms with Crippen molar-refractivity contribution in [2.75, 3.05) is 5.32 Å². The highest BCUT2D eigenvalue weighted by molar-refractivity contribution is 5.90. The van der Waals surface area contributed by atoms with Gasteiger partial charge in [0.15, 0.2) is 5.65 Å². The number of amides is 1. The van der Waals surface area contributed by atoms with Crippen LogP contribution in [-0.2, 0) is 17.9 Å². The third kappa shape index (κ3) is 4.74. The standard InChI is InChI=1S/C24H22F2N4O2/c1-16-6-5-9-18(12-16)27-21(31)10-11-30-22(32)13-19(23(25)26)20-15-29(28-24(20)30)14-17-7-3-2-4-8-17/h2-9,12-13,15,23H,10-11,14H2,1H3,(H,27,31). The molecule has 164 valence electrons. The molecule has 0 radical (unpaired) electrons. The number of nitrogens with one attached hydrogen (secondary N) is 1. The molecule has 8 heteroatoms. The second-order valence-electron chi connectivity index (χ2n) is 7.61. The minimum atomic E-state index is -2.81. The number of nitrogens with zero attached hydrogens (tertiary/aromatic N) is 3. The fraction of sp³-hybridized carbons (Fsp3) is 0.208. The van der Waals surface area contributed by atoms with E-state index in [1.54, 1.807) is 6.07 Å². The molecule has 4 aromatic rings. The first-order chi connectivity index (χ1) is 15.4. The Labute approximate surface area is 183 Å². The van der Waals surface area contributed by atoms with Crippen LogP contribution in [-0.4, -0.2) is 20.3 Å². The molecule has 2 aromatic carbocycles. The van der Waals surface area contributed by atoms with Crippen LogP contribution in [0.15, 0.2) is 71.7 Å². The zero-order valence-electron chi connectivity index (χ0n) is 17.5. The summed E-state index contributed by atoms with van der Waals surface area (Å²) in [5, 5.41) is 7.39. The Bertz CT molecular complexity index is 1310. The van der Waals surface area contributed by atoms with Crippen molar-refractivity contribution in [2.24, 2.45) is 0 Å². The van der Waals surface area contributed by atoms with Gasteiger partial charge in [-0.25, -0.2) is 8.78 Å². The topological polar surface area (TPSA) is 68.9 Å². The van der Waals surface area contributed by atoms with Gasteiger partial charge in [0.05, 0.1) is 6.54 Å². The predicted molar refractivity (Wildman–Crippen MR) is 119 cm³/mol. The SMILES string of the molecule is Cc1cccc(NC(=O)CCn2c(=O)cc(C(F)F)c3cn(Cc4ccccc4)nc32)c1. The van der Waals surface area contributed by atoms with Gasteiger partial charge in [0.25, 0.3) is 12.0 Å². The van der Waals surface area contributed by atoms with Crippen LogP contribution in [0.25, 0.3) is 11.0 Å².